The summed E-state index contributed by atoms with van der Waals surface area (Å²) in [4.78, 5) is 12.4. The van der Waals surface area contributed by atoms with E-state index < -0.39 is 5.79 Å². The second-order valence-corrected chi connectivity index (χ2v) is 8.46. The Balaban J connectivity index is 1.61. The number of allylic oxidation sites excluding steroid dienone is 1. The molecule has 0 heterocycles. The summed E-state index contributed by atoms with van der Waals surface area (Å²) in [6.07, 6.45) is 9.78. The predicted molar refractivity (Wildman–Crippen MR) is 88.9 cm³/mol. The second-order valence-electron chi connectivity index (χ2n) is 8.46. The van der Waals surface area contributed by atoms with E-state index in [0.717, 1.165) is 50.4 Å². The van der Waals surface area contributed by atoms with Crippen LogP contribution >= 0.6 is 0 Å². The minimum atomic E-state index is -0.391. The maximum Gasteiger partial charge on any atom is 0.171 e. The Morgan fingerprint density at radius 1 is 1.00 bits per heavy atom. The van der Waals surface area contributed by atoms with E-state index in [1.165, 1.54) is 19.3 Å². The van der Waals surface area contributed by atoms with Crippen LogP contribution in [0.3, 0.4) is 0 Å². The Hall–Kier alpha value is -0.670. The summed E-state index contributed by atoms with van der Waals surface area (Å²) in [5.74, 6) is 2.27. The third kappa shape index (κ3) is 2.19. The summed E-state index contributed by atoms with van der Waals surface area (Å²) in [5, 5.41) is 0. The fourth-order valence-electron chi connectivity index (χ4n) is 6.39. The SMILES string of the molecule is COC1(OC)CCC2=C(CCC3C2CC[C@]2(C)C(=O)CCC32)C1. The fourth-order valence-corrected chi connectivity index (χ4v) is 6.39. The Morgan fingerprint density at radius 2 is 1.78 bits per heavy atom. The first-order chi connectivity index (χ1) is 11.0. The van der Waals surface area contributed by atoms with Crippen molar-refractivity contribution in [2.75, 3.05) is 14.2 Å². The van der Waals surface area contributed by atoms with Crippen LogP contribution in [-0.2, 0) is 14.3 Å². The molecule has 2 saturated carbocycles. The Bertz CT molecular complexity index is 545. The van der Waals surface area contributed by atoms with Crippen molar-refractivity contribution in [2.24, 2.45) is 23.2 Å². The number of rotatable bonds is 2. The molecule has 4 rings (SSSR count). The van der Waals surface area contributed by atoms with E-state index in [1.807, 2.05) is 0 Å². The standard InChI is InChI=1S/C20H30O3/c1-19-10-8-15-14-9-11-20(22-2,23-3)12-13(14)4-5-16(15)17(19)6-7-18(19)21/h15-17H,4-12H2,1-3H3/t15?,16?,17?,19-/m0/s1. The highest BCUT2D eigenvalue weighted by molar-refractivity contribution is 5.87. The molecule has 4 aliphatic rings. The lowest BCUT2D eigenvalue weighted by atomic mass is 9.54. The van der Waals surface area contributed by atoms with E-state index >= 15 is 0 Å². The largest absolute Gasteiger partial charge is 0.353 e. The smallest absolute Gasteiger partial charge is 0.171 e. The molecule has 0 spiro atoms. The van der Waals surface area contributed by atoms with E-state index in [9.17, 15) is 4.79 Å². The summed E-state index contributed by atoms with van der Waals surface area (Å²) in [6, 6.07) is 0. The van der Waals surface area contributed by atoms with Crippen molar-refractivity contribution in [3.8, 4) is 0 Å². The molecule has 0 saturated heterocycles. The summed E-state index contributed by atoms with van der Waals surface area (Å²) in [7, 11) is 3.55. The zero-order chi connectivity index (χ0) is 16.2. The molecular formula is C20H30O3. The molecule has 3 unspecified atom stereocenters. The van der Waals surface area contributed by atoms with Crippen molar-refractivity contribution in [3.63, 3.8) is 0 Å². The van der Waals surface area contributed by atoms with Gasteiger partial charge < -0.3 is 9.47 Å². The zero-order valence-corrected chi connectivity index (χ0v) is 14.8. The van der Waals surface area contributed by atoms with Gasteiger partial charge in [-0.1, -0.05) is 18.1 Å². The molecular weight excluding hydrogens is 288 g/mol. The molecule has 3 heteroatoms. The number of carbonyl (C=O) groups is 1. The van der Waals surface area contributed by atoms with Gasteiger partial charge in [0.25, 0.3) is 0 Å². The minimum Gasteiger partial charge on any atom is -0.353 e. The lowest BCUT2D eigenvalue weighted by Crippen LogP contribution is -2.46. The van der Waals surface area contributed by atoms with Crippen molar-refractivity contribution in [1.82, 2.24) is 0 Å². The summed E-state index contributed by atoms with van der Waals surface area (Å²) in [5.41, 5.74) is 3.32. The second kappa shape index (κ2) is 5.42. The number of ketones is 1. The van der Waals surface area contributed by atoms with Crippen LogP contribution in [0.15, 0.2) is 11.1 Å². The molecule has 4 atom stereocenters. The van der Waals surface area contributed by atoms with E-state index in [4.69, 9.17) is 9.47 Å². The van der Waals surface area contributed by atoms with Gasteiger partial charge in [-0.05, 0) is 56.3 Å². The number of hydrogen-bond donors (Lipinski definition) is 0. The van der Waals surface area contributed by atoms with Gasteiger partial charge in [0.1, 0.15) is 5.78 Å². The highest BCUT2D eigenvalue weighted by atomic mass is 16.7. The van der Waals surface area contributed by atoms with Crippen LogP contribution in [0.25, 0.3) is 0 Å². The minimum absolute atomic E-state index is 0.00326. The molecule has 2 fully saturated rings. The van der Waals surface area contributed by atoms with Gasteiger partial charge in [-0.3, -0.25) is 4.79 Å². The Labute approximate surface area is 139 Å². The first-order valence-corrected chi connectivity index (χ1v) is 9.37. The number of fused-ring (bicyclic) bond motifs is 4. The number of ether oxygens (including phenoxy) is 2. The van der Waals surface area contributed by atoms with Crippen LogP contribution in [0, 0.1) is 23.2 Å². The molecule has 0 radical (unpaired) electrons. The van der Waals surface area contributed by atoms with Gasteiger partial charge >= 0.3 is 0 Å². The Morgan fingerprint density at radius 3 is 2.52 bits per heavy atom. The molecule has 0 aromatic rings. The van der Waals surface area contributed by atoms with Gasteiger partial charge in [0.05, 0.1) is 0 Å². The fraction of sp³-hybridized carbons (Fsp3) is 0.850. The van der Waals surface area contributed by atoms with E-state index in [0.29, 0.717) is 11.7 Å². The van der Waals surface area contributed by atoms with Crippen LogP contribution in [-0.4, -0.2) is 25.8 Å². The zero-order valence-electron chi connectivity index (χ0n) is 14.8. The monoisotopic (exact) mass is 318 g/mol. The first-order valence-electron chi connectivity index (χ1n) is 9.37. The number of methoxy groups -OCH3 is 2. The van der Waals surface area contributed by atoms with Gasteiger partial charge in [-0.25, -0.2) is 0 Å². The number of hydrogen-bond acceptors (Lipinski definition) is 3. The molecule has 23 heavy (non-hydrogen) atoms. The molecule has 0 aromatic carbocycles. The van der Waals surface area contributed by atoms with Gasteiger partial charge in [-0.2, -0.15) is 0 Å². The molecule has 128 valence electrons. The molecule has 0 aliphatic heterocycles. The van der Waals surface area contributed by atoms with E-state index in [1.54, 1.807) is 25.4 Å². The number of Topliss-reactive ketones (excluding diaryl/α,β-unsaturated/α-hetero) is 1. The predicted octanol–water partition coefficient (Wildman–Crippen LogP) is 4.26. The van der Waals surface area contributed by atoms with Crippen LogP contribution < -0.4 is 0 Å². The van der Waals surface area contributed by atoms with Gasteiger partial charge in [0.2, 0.25) is 0 Å². The maximum absolute atomic E-state index is 12.4. The topological polar surface area (TPSA) is 35.5 Å². The van der Waals surface area contributed by atoms with E-state index in [-0.39, 0.29) is 5.41 Å². The lowest BCUT2D eigenvalue weighted by molar-refractivity contribution is -0.213. The number of carbonyl (C=O) groups excluding carboxylic acids is 1. The van der Waals surface area contributed by atoms with Gasteiger partial charge in [0, 0.05) is 38.9 Å². The normalized spacial score (nSPS) is 42.2. The highest BCUT2D eigenvalue weighted by Crippen LogP contribution is 2.60. The summed E-state index contributed by atoms with van der Waals surface area (Å²) >= 11 is 0. The lowest BCUT2D eigenvalue weighted by Gasteiger charge is -2.51. The average Bonchev–Trinajstić information content (AvgIpc) is 2.89. The van der Waals surface area contributed by atoms with Crippen molar-refractivity contribution < 1.29 is 14.3 Å². The van der Waals surface area contributed by atoms with Gasteiger partial charge in [-0.15, -0.1) is 0 Å². The molecule has 4 aliphatic carbocycles. The van der Waals surface area contributed by atoms with Crippen LogP contribution in [0.4, 0.5) is 0 Å². The molecule has 0 bridgehead atoms. The third-order valence-electron chi connectivity index (χ3n) is 7.83. The highest BCUT2D eigenvalue weighted by Gasteiger charge is 2.55. The molecule has 0 amide bonds. The van der Waals surface area contributed by atoms with Crippen molar-refractivity contribution in [2.45, 2.75) is 70.5 Å². The van der Waals surface area contributed by atoms with Crippen LogP contribution in [0.2, 0.25) is 0 Å². The molecule has 0 N–H and O–H groups in total. The van der Waals surface area contributed by atoms with Crippen LogP contribution in [0.5, 0.6) is 0 Å². The first kappa shape index (κ1) is 15.8. The summed E-state index contributed by atoms with van der Waals surface area (Å²) < 4.78 is 11.4. The van der Waals surface area contributed by atoms with Crippen molar-refractivity contribution in [1.29, 1.82) is 0 Å². The third-order valence-corrected chi connectivity index (χ3v) is 7.83. The Kier molecular flexibility index (Phi) is 3.73. The van der Waals surface area contributed by atoms with Crippen molar-refractivity contribution >= 4 is 5.78 Å². The molecule has 3 nitrogen and oxygen atoms in total. The quantitative estimate of drug-likeness (QED) is 0.563. The van der Waals surface area contributed by atoms with Crippen LogP contribution in [0.1, 0.15) is 64.7 Å². The van der Waals surface area contributed by atoms with E-state index in [2.05, 4.69) is 6.92 Å². The average molecular weight is 318 g/mol. The summed E-state index contributed by atoms with van der Waals surface area (Å²) in [6.45, 7) is 2.26. The van der Waals surface area contributed by atoms with Crippen molar-refractivity contribution in [3.05, 3.63) is 11.1 Å². The molecule has 0 aromatic heterocycles. The van der Waals surface area contributed by atoms with Gasteiger partial charge in [0.15, 0.2) is 5.79 Å². The maximum atomic E-state index is 12.4.